The molecule has 3 heterocycles. The van der Waals surface area contributed by atoms with Crippen molar-refractivity contribution in [3.8, 4) is 0 Å². The van der Waals surface area contributed by atoms with E-state index in [4.69, 9.17) is 0 Å². The number of amides is 2. The second-order valence-electron chi connectivity index (χ2n) is 7.98. The van der Waals surface area contributed by atoms with E-state index < -0.39 is 48.2 Å². The van der Waals surface area contributed by atoms with E-state index in [9.17, 15) is 36.6 Å². The molecule has 0 radical (unpaired) electrons. The van der Waals surface area contributed by atoms with Gasteiger partial charge in [0.2, 0.25) is 0 Å². The summed E-state index contributed by atoms with van der Waals surface area (Å²) in [6, 6.07) is 2.85. The number of aromatic nitrogens is 3. The van der Waals surface area contributed by atoms with Gasteiger partial charge in [0.05, 0.1) is 30.2 Å². The summed E-state index contributed by atoms with van der Waals surface area (Å²) in [6.45, 7) is 0.288. The van der Waals surface area contributed by atoms with E-state index in [1.807, 2.05) is 0 Å². The Kier molecular flexibility index (Phi) is 6.62. The van der Waals surface area contributed by atoms with Gasteiger partial charge < -0.3 is 20.6 Å². The molecule has 3 N–H and O–H groups in total. The van der Waals surface area contributed by atoms with Gasteiger partial charge in [-0.2, -0.15) is 17.5 Å². The minimum absolute atomic E-state index is 0.00310. The molecular formula is C21H17F5N6O3S. The van der Waals surface area contributed by atoms with Crippen molar-refractivity contribution in [3.63, 3.8) is 0 Å². The van der Waals surface area contributed by atoms with E-state index >= 15 is 0 Å². The number of likely N-dealkylation sites (tertiary alicyclic amines) is 1. The lowest BCUT2D eigenvalue weighted by atomic mass is 10.0. The minimum Gasteiger partial charge on any atom is -0.379 e. The number of rotatable bonds is 5. The highest BCUT2D eigenvalue weighted by Gasteiger charge is 2.58. The number of benzene rings is 1. The zero-order valence-corrected chi connectivity index (χ0v) is 19.2. The normalized spacial score (nSPS) is 17.8. The van der Waals surface area contributed by atoms with Crippen LogP contribution >= 0.6 is 11.5 Å². The topological polar surface area (TPSA) is 120 Å². The predicted molar refractivity (Wildman–Crippen MR) is 118 cm³/mol. The van der Waals surface area contributed by atoms with Gasteiger partial charge in [-0.1, -0.05) is 0 Å². The van der Waals surface area contributed by atoms with Crippen LogP contribution in [0.4, 0.5) is 38.5 Å². The number of carbonyl (C=O) groups is 2. The summed E-state index contributed by atoms with van der Waals surface area (Å²) in [5.41, 5.74) is -2.89. The maximum atomic E-state index is 13.5. The summed E-state index contributed by atoms with van der Waals surface area (Å²) in [4.78, 5) is 34.2. The molecular weight excluding hydrogens is 511 g/mol. The molecule has 1 aliphatic heterocycles. The lowest BCUT2D eigenvalue weighted by Gasteiger charge is -2.25. The van der Waals surface area contributed by atoms with Gasteiger partial charge in [0, 0.05) is 24.7 Å². The van der Waals surface area contributed by atoms with E-state index in [1.54, 1.807) is 6.92 Å². The molecule has 3 aromatic rings. The van der Waals surface area contributed by atoms with Crippen LogP contribution in [-0.2, 0) is 0 Å². The molecule has 1 aromatic carbocycles. The van der Waals surface area contributed by atoms with Gasteiger partial charge in [0.25, 0.3) is 11.8 Å². The van der Waals surface area contributed by atoms with E-state index in [0.717, 1.165) is 34.8 Å². The summed E-state index contributed by atoms with van der Waals surface area (Å²) in [6.07, 6.45) is -3.27. The average Bonchev–Trinajstić information content (AvgIpc) is 3.39. The first-order valence-electron chi connectivity index (χ1n) is 10.3. The molecule has 0 bridgehead atoms. The molecule has 4 rings (SSSR count). The monoisotopic (exact) mass is 528 g/mol. The summed E-state index contributed by atoms with van der Waals surface area (Å²) in [7, 11) is 0. The first-order valence-corrected chi connectivity index (χ1v) is 11.1. The summed E-state index contributed by atoms with van der Waals surface area (Å²) >= 11 is 0.880. The second-order valence-corrected chi connectivity index (χ2v) is 8.75. The van der Waals surface area contributed by atoms with Crippen LogP contribution in [0.25, 0.3) is 0 Å². The van der Waals surface area contributed by atoms with Gasteiger partial charge in [-0.25, -0.2) is 13.8 Å². The Labute approximate surface area is 204 Å². The Morgan fingerprint density at radius 2 is 1.94 bits per heavy atom. The highest BCUT2D eigenvalue weighted by molar-refractivity contribution is 7.10. The fourth-order valence-corrected chi connectivity index (χ4v) is 4.30. The molecule has 1 fully saturated rings. The number of hydrogen-bond acceptors (Lipinski definition) is 8. The second kappa shape index (κ2) is 9.39. The number of nitrogens with one attached hydrogen (secondary N) is 2. The quantitative estimate of drug-likeness (QED) is 0.433. The fraction of sp³-hybridized carbons (Fsp3) is 0.286. The largest absolute Gasteiger partial charge is 0.419 e. The SMILES string of the molecule is Cc1nsc(Nc2cncc(C(=O)N3CCC(O)(C(F)(F)F)C3)n2)c1C(=O)Nc1ccc(F)c(F)c1. The van der Waals surface area contributed by atoms with E-state index in [-0.39, 0.29) is 34.3 Å². The first kappa shape index (κ1) is 25.4. The number of aliphatic hydroxyl groups is 1. The van der Waals surface area contributed by atoms with Crippen molar-refractivity contribution in [3.05, 3.63) is 59.2 Å². The van der Waals surface area contributed by atoms with Crippen LogP contribution in [0.3, 0.4) is 0 Å². The molecule has 0 aliphatic carbocycles. The summed E-state index contributed by atoms with van der Waals surface area (Å²) in [5, 5.41) is 15.2. The zero-order chi connectivity index (χ0) is 26.3. The zero-order valence-electron chi connectivity index (χ0n) is 18.4. The summed E-state index contributed by atoms with van der Waals surface area (Å²) < 4.78 is 69.9. The van der Waals surface area contributed by atoms with Gasteiger partial charge in [0.15, 0.2) is 17.2 Å². The van der Waals surface area contributed by atoms with Crippen LogP contribution in [0.2, 0.25) is 0 Å². The highest BCUT2D eigenvalue weighted by Crippen LogP contribution is 2.38. The number of nitrogens with zero attached hydrogens (tertiary/aromatic N) is 4. The highest BCUT2D eigenvalue weighted by atomic mass is 32.1. The van der Waals surface area contributed by atoms with Crippen LogP contribution in [0.5, 0.6) is 0 Å². The van der Waals surface area contributed by atoms with Gasteiger partial charge >= 0.3 is 6.18 Å². The van der Waals surface area contributed by atoms with Gasteiger partial charge in [0.1, 0.15) is 16.5 Å². The minimum atomic E-state index is -4.89. The van der Waals surface area contributed by atoms with E-state index in [2.05, 4.69) is 25.0 Å². The average molecular weight is 528 g/mol. The van der Waals surface area contributed by atoms with Gasteiger partial charge in [-0.15, -0.1) is 0 Å². The number of hydrogen-bond donors (Lipinski definition) is 3. The number of carbonyl (C=O) groups excluding carboxylic acids is 2. The molecule has 1 atom stereocenters. The molecule has 1 aliphatic rings. The van der Waals surface area contributed by atoms with Crippen molar-refractivity contribution in [1.29, 1.82) is 0 Å². The maximum absolute atomic E-state index is 13.5. The molecule has 1 saturated heterocycles. The number of aryl methyl sites for hydroxylation is 1. The maximum Gasteiger partial charge on any atom is 0.419 e. The molecule has 1 unspecified atom stereocenters. The third-order valence-electron chi connectivity index (χ3n) is 5.43. The lowest BCUT2D eigenvalue weighted by molar-refractivity contribution is -0.253. The number of alkyl halides is 3. The molecule has 0 spiro atoms. The first-order chi connectivity index (χ1) is 16.9. The van der Waals surface area contributed by atoms with E-state index in [1.165, 1.54) is 12.3 Å². The molecule has 9 nitrogen and oxygen atoms in total. The third kappa shape index (κ3) is 4.97. The Morgan fingerprint density at radius 1 is 1.19 bits per heavy atom. The molecule has 15 heteroatoms. The Hall–Kier alpha value is -3.72. The molecule has 2 amide bonds. The number of halogens is 5. The lowest BCUT2D eigenvalue weighted by Crippen LogP contribution is -2.48. The van der Waals surface area contributed by atoms with Crippen molar-refractivity contribution in [2.24, 2.45) is 0 Å². The van der Waals surface area contributed by atoms with Crippen LogP contribution in [0, 0.1) is 18.6 Å². The predicted octanol–water partition coefficient (Wildman–Crippen LogP) is 3.65. The van der Waals surface area contributed by atoms with Crippen LogP contribution in [0.1, 0.15) is 33.0 Å². The Morgan fingerprint density at radius 3 is 2.61 bits per heavy atom. The molecule has 36 heavy (non-hydrogen) atoms. The summed E-state index contributed by atoms with van der Waals surface area (Å²) in [5.74, 6) is -3.76. The Balaban J connectivity index is 1.51. The standard InChI is InChI=1S/C21H17F5N6O3S/c1-10-16(17(33)28-11-2-3-12(22)13(23)6-11)18(36-31-10)30-15-8-27-7-14(29-15)19(34)32-5-4-20(35,9-32)21(24,25)26/h2-3,6-8,35H,4-5,9H2,1H3,(H,28,33)(H,29,30). The van der Waals surface area contributed by atoms with Crippen LogP contribution in [0.15, 0.2) is 30.6 Å². The molecule has 0 saturated carbocycles. The van der Waals surface area contributed by atoms with Crippen LogP contribution < -0.4 is 10.6 Å². The van der Waals surface area contributed by atoms with Crippen LogP contribution in [-0.4, -0.2) is 61.0 Å². The molecule has 2 aromatic heterocycles. The number of anilines is 3. The van der Waals surface area contributed by atoms with Crippen molar-refractivity contribution in [1.82, 2.24) is 19.2 Å². The number of β-amino-alcohol motifs (C(OH)–C–C–N with tert-alkyl or cyclic N) is 1. The van der Waals surface area contributed by atoms with Gasteiger partial charge in [-0.3, -0.25) is 14.6 Å². The fourth-order valence-electron chi connectivity index (χ4n) is 3.50. The Bertz CT molecular complexity index is 1330. The van der Waals surface area contributed by atoms with Crippen molar-refractivity contribution >= 4 is 39.9 Å². The third-order valence-corrected chi connectivity index (χ3v) is 6.28. The van der Waals surface area contributed by atoms with E-state index in [0.29, 0.717) is 5.69 Å². The van der Waals surface area contributed by atoms with Crippen molar-refractivity contribution < 1.29 is 36.6 Å². The molecule has 190 valence electrons. The smallest absolute Gasteiger partial charge is 0.379 e. The van der Waals surface area contributed by atoms with Crippen molar-refractivity contribution in [2.45, 2.75) is 25.1 Å². The van der Waals surface area contributed by atoms with Gasteiger partial charge in [-0.05, 0) is 30.6 Å². The van der Waals surface area contributed by atoms with Crippen molar-refractivity contribution in [2.75, 3.05) is 23.7 Å².